The third kappa shape index (κ3) is 4.11. The molecule has 0 aliphatic carbocycles. The molecule has 2 aromatic rings. The van der Waals surface area contributed by atoms with Crippen LogP contribution in [-0.2, 0) is 9.59 Å². The summed E-state index contributed by atoms with van der Waals surface area (Å²) in [6, 6.07) is 10.9. The first-order valence-electron chi connectivity index (χ1n) is 7.24. The zero-order chi connectivity index (χ0) is 16.8. The quantitative estimate of drug-likeness (QED) is 0.628. The van der Waals surface area contributed by atoms with Gasteiger partial charge in [-0.15, -0.1) is 11.3 Å². The molecule has 0 bridgehead atoms. The Bertz CT molecular complexity index is 746. The molecule has 2 N–H and O–H groups in total. The van der Waals surface area contributed by atoms with Gasteiger partial charge in [-0.05, 0) is 23.6 Å². The fourth-order valence-electron chi connectivity index (χ4n) is 2.00. The van der Waals surface area contributed by atoms with E-state index < -0.39 is 17.9 Å². The normalized spacial score (nSPS) is 15.9. The topological polar surface area (TPSA) is 89.0 Å². The summed E-state index contributed by atoms with van der Waals surface area (Å²) in [6.45, 7) is -0.0941. The number of amides is 2. The summed E-state index contributed by atoms with van der Waals surface area (Å²) in [4.78, 5) is 24.6. The van der Waals surface area contributed by atoms with Crippen LogP contribution >= 0.6 is 11.3 Å². The van der Waals surface area contributed by atoms with E-state index in [2.05, 4.69) is 15.8 Å². The van der Waals surface area contributed by atoms with Crippen molar-refractivity contribution in [2.75, 3.05) is 13.2 Å². The largest absolute Gasteiger partial charge is 0.485 e. The first-order chi connectivity index (χ1) is 11.7. The van der Waals surface area contributed by atoms with Crippen molar-refractivity contribution in [3.63, 3.8) is 0 Å². The first kappa shape index (κ1) is 16.0. The van der Waals surface area contributed by atoms with Gasteiger partial charge in [0.15, 0.2) is 11.5 Å². The molecule has 0 fully saturated rings. The number of carbonyl (C=O) groups is 2. The molecule has 124 valence electrons. The fraction of sp³-hybridized carbons (Fsp3) is 0.188. The maximum atomic E-state index is 12.0. The van der Waals surface area contributed by atoms with Gasteiger partial charge in [0.1, 0.15) is 6.61 Å². The summed E-state index contributed by atoms with van der Waals surface area (Å²) >= 11 is 1.51. The Morgan fingerprint density at radius 1 is 1.25 bits per heavy atom. The van der Waals surface area contributed by atoms with E-state index >= 15 is 0 Å². The summed E-state index contributed by atoms with van der Waals surface area (Å²) in [5, 5.41) is 8.22. The first-order valence-corrected chi connectivity index (χ1v) is 8.12. The van der Waals surface area contributed by atoms with Crippen LogP contribution < -0.4 is 20.2 Å². The summed E-state index contributed by atoms with van der Waals surface area (Å²) in [7, 11) is 0. The Morgan fingerprint density at radius 3 is 2.88 bits per heavy atom. The lowest BCUT2D eigenvalue weighted by molar-refractivity contribution is -0.132. The average molecular weight is 345 g/mol. The lowest BCUT2D eigenvalue weighted by Gasteiger charge is -2.25. The Kier molecular flexibility index (Phi) is 5.07. The Hall–Kier alpha value is -2.87. The Balaban J connectivity index is 1.43. The van der Waals surface area contributed by atoms with Crippen LogP contribution in [0.15, 0.2) is 46.9 Å². The number of nitrogens with zero attached hydrogens (tertiary/aromatic N) is 1. The van der Waals surface area contributed by atoms with Crippen LogP contribution in [0, 0.1) is 0 Å². The minimum Gasteiger partial charge on any atom is -0.485 e. The van der Waals surface area contributed by atoms with E-state index in [0.29, 0.717) is 11.5 Å². The van der Waals surface area contributed by atoms with Crippen LogP contribution in [0.4, 0.5) is 0 Å². The smallest absolute Gasteiger partial charge is 0.265 e. The molecule has 0 saturated carbocycles. The number of hydrazone groups is 1. The van der Waals surface area contributed by atoms with Gasteiger partial charge in [-0.2, -0.15) is 5.10 Å². The van der Waals surface area contributed by atoms with Crippen molar-refractivity contribution < 1.29 is 19.1 Å². The zero-order valence-corrected chi connectivity index (χ0v) is 13.4. The molecule has 2 amide bonds. The van der Waals surface area contributed by atoms with Gasteiger partial charge in [0.25, 0.3) is 11.8 Å². The van der Waals surface area contributed by atoms with Crippen molar-refractivity contribution in [1.29, 1.82) is 0 Å². The van der Waals surface area contributed by atoms with Crippen molar-refractivity contribution in [3.05, 3.63) is 46.7 Å². The maximum Gasteiger partial charge on any atom is 0.265 e. The van der Waals surface area contributed by atoms with Crippen molar-refractivity contribution >= 4 is 29.4 Å². The summed E-state index contributed by atoms with van der Waals surface area (Å²) in [5.74, 6) is 0.270. The highest BCUT2D eigenvalue weighted by molar-refractivity contribution is 7.11. The molecular weight excluding hydrogens is 330 g/mol. The lowest BCUT2D eigenvalue weighted by atomic mass is 10.2. The Morgan fingerprint density at radius 2 is 2.08 bits per heavy atom. The number of hydrogen-bond donors (Lipinski definition) is 2. The minimum atomic E-state index is -0.790. The van der Waals surface area contributed by atoms with Crippen molar-refractivity contribution in [1.82, 2.24) is 10.7 Å². The highest BCUT2D eigenvalue weighted by atomic mass is 32.1. The molecule has 8 heteroatoms. The third-order valence-electron chi connectivity index (χ3n) is 3.15. The van der Waals surface area contributed by atoms with Crippen LogP contribution in [0.25, 0.3) is 0 Å². The van der Waals surface area contributed by atoms with E-state index in [1.54, 1.807) is 24.4 Å². The van der Waals surface area contributed by atoms with E-state index in [-0.39, 0.29) is 13.2 Å². The Labute approximate surface area is 142 Å². The summed E-state index contributed by atoms with van der Waals surface area (Å²) in [5.41, 5.74) is 2.35. The van der Waals surface area contributed by atoms with Crippen LogP contribution in [0.1, 0.15) is 4.88 Å². The highest BCUT2D eigenvalue weighted by Crippen LogP contribution is 2.30. The second-order valence-corrected chi connectivity index (χ2v) is 5.87. The second kappa shape index (κ2) is 7.60. The number of thiophene rings is 1. The minimum absolute atomic E-state index is 0.0982. The van der Waals surface area contributed by atoms with Crippen LogP contribution in [-0.4, -0.2) is 37.3 Å². The number of carbonyl (C=O) groups excluding carboxylic acids is 2. The number of hydrogen-bond acceptors (Lipinski definition) is 6. The van der Waals surface area contributed by atoms with Crippen molar-refractivity contribution in [3.8, 4) is 11.5 Å². The number of fused-ring (bicyclic) bond motifs is 1. The molecule has 0 radical (unpaired) electrons. The van der Waals surface area contributed by atoms with E-state index in [9.17, 15) is 9.59 Å². The molecule has 1 atom stereocenters. The molecule has 24 heavy (non-hydrogen) atoms. The van der Waals surface area contributed by atoms with E-state index in [4.69, 9.17) is 9.47 Å². The standard InChI is InChI=1S/C16H15N3O4S/c20-15(19-18-8-11-4-3-7-24-11)9-17-16(21)14-10-22-12-5-1-2-6-13(12)23-14/h1-8,14H,9-10H2,(H,17,21)(H,19,20)/b18-8-/t14-/m1/s1. The van der Waals surface area contributed by atoms with Gasteiger partial charge in [0.2, 0.25) is 6.10 Å². The number of rotatable bonds is 5. The predicted octanol–water partition coefficient (Wildman–Crippen LogP) is 1.15. The van der Waals surface area contributed by atoms with Gasteiger partial charge in [-0.3, -0.25) is 9.59 Å². The molecular formula is C16H15N3O4S. The summed E-state index contributed by atoms with van der Waals surface area (Å²) < 4.78 is 11.0. The lowest BCUT2D eigenvalue weighted by Crippen LogP contribution is -2.46. The van der Waals surface area contributed by atoms with Gasteiger partial charge in [0.05, 0.1) is 12.8 Å². The third-order valence-corrected chi connectivity index (χ3v) is 3.96. The van der Waals surface area contributed by atoms with Gasteiger partial charge in [0, 0.05) is 4.88 Å². The molecule has 1 aliphatic heterocycles. The second-order valence-electron chi connectivity index (χ2n) is 4.89. The van der Waals surface area contributed by atoms with Gasteiger partial charge in [-0.25, -0.2) is 5.43 Å². The van der Waals surface area contributed by atoms with Gasteiger partial charge < -0.3 is 14.8 Å². The van der Waals surface area contributed by atoms with Crippen LogP contribution in [0.2, 0.25) is 0 Å². The SMILES string of the molecule is O=C(CNC(=O)[C@H]1COc2ccccc2O1)N/N=C\c1cccs1. The number of ether oxygens (including phenoxy) is 2. The number of para-hydroxylation sites is 2. The van der Waals surface area contributed by atoms with E-state index in [1.807, 2.05) is 23.6 Å². The van der Waals surface area contributed by atoms with Crippen molar-refractivity contribution in [2.45, 2.75) is 6.10 Å². The zero-order valence-electron chi connectivity index (χ0n) is 12.6. The molecule has 0 spiro atoms. The average Bonchev–Trinajstić information content (AvgIpc) is 3.12. The number of benzene rings is 1. The molecule has 7 nitrogen and oxygen atoms in total. The van der Waals surface area contributed by atoms with E-state index in [1.165, 1.54) is 11.3 Å². The molecule has 1 aromatic heterocycles. The highest BCUT2D eigenvalue weighted by Gasteiger charge is 2.27. The molecule has 1 aromatic carbocycles. The maximum absolute atomic E-state index is 12.0. The van der Waals surface area contributed by atoms with Gasteiger partial charge in [-0.1, -0.05) is 18.2 Å². The van der Waals surface area contributed by atoms with Crippen LogP contribution in [0.5, 0.6) is 11.5 Å². The molecule has 0 saturated heterocycles. The molecule has 0 unspecified atom stereocenters. The fourth-order valence-corrected chi connectivity index (χ4v) is 2.59. The van der Waals surface area contributed by atoms with E-state index in [0.717, 1.165) is 4.88 Å². The molecule has 1 aliphatic rings. The monoisotopic (exact) mass is 345 g/mol. The summed E-state index contributed by atoms with van der Waals surface area (Å²) in [6.07, 6.45) is 0.752. The predicted molar refractivity (Wildman–Crippen MR) is 89.4 cm³/mol. The van der Waals surface area contributed by atoms with Gasteiger partial charge >= 0.3 is 0 Å². The molecule has 3 rings (SSSR count). The number of nitrogens with one attached hydrogen (secondary N) is 2. The van der Waals surface area contributed by atoms with Crippen LogP contribution in [0.3, 0.4) is 0 Å². The molecule has 2 heterocycles. The van der Waals surface area contributed by atoms with Crippen molar-refractivity contribution in [2.24, 2.45) is 5.10 Å².